The molecule has 1 amide bonds. The van der Waals surface area contributed by atoms with E-state index in [1.165, 1.54) is 0 Å². The molecule has 2 aromatic rings. The van der Waals surface area contributed by atoms with Crippen molar-refractivity contribution in [1.82, 2.24) is 5.32 Å². The fourth-order valence-electron chi connectivity index (χ4n) is 2.77. The molecule has 1 N–H and O–H groups in total. The highest BCUT2D eigenvalue weighted by Gasteiger charge is 2.18. The average Bonchev–Trinajstić information content (AvgIpc) is 2.67. The number of benzene rings is 2. The topological polar surface area (TPSA) is 47.6 Å². The van der Waals surface area contributed by atoms with Gasteiger partial charge in [-0.15, -0.1) is 0 Å². The number of amides is 1. The van der Waals surface area contributed by atoms with Gasteiger partial charge in [-0.3, -0.25) is 4.79 Å². The molecule has 25 heavy (non-hydrogen) atoms. The molecule has 1 aliphatic heterocycles. The molecular formula is C20H23NO3S. The Kier molecular flexibility index (Phi) is 6.23. The smallest absolute Gasteiger partial charge is 0.251 e. The summed E-state index contributed by atoms with van der Waals surface area (Å²) in [4.78, 5) is 12.5. The first-order chi connectivity index (χ1) is 12.3. The van der Waals surface area contributed by atoms with Gasteiger partial charge in [0.1, 0.15) is 6.61 Å². The maximum atomic E-state index is 12.5. The number of hydrogen-bond donors (Lipinski definition) is 1. The van der Waals surface area contributed by atoms with E-state index in [0.29, 0.717) is 23.7 Å². The number of methoxy groups -OCH3 is 1. The van der Waals surface area contributed by atoms with Crippen LogP contribution in [0.2, 0.25) is 0 Å². The van der Waals surface area contributed by atoms with Gasteiger partial charge in [-0.25, -0.2) is 0 Å². The van der Waals surface area contributed by atoms with Crippen LogP contribution in [0.3, 0.4) is 0 Å². The highest BCUT2D eigenvalue weighted by molar-refractivity contribution is 7.99. The van der Waals surface area contributed by atoms with Crippen molar-refractivity contribution in [3.05, 3.63) is 59.7 Å². The Labute approximate surface area is 152 Å². The van der Waals surface area contributed by atoms with Gasteiger partial charge in [0, 0.05) is 11.6 Å². The Hall–Kier alpha value is -2.14. The molecule has 1 fully saturated rings. The summed E-state index contributed by atoms with van der Waals surface area (Å²) in [5.74, 6) is 3.38. The second-order valence-electron chi connectivity index (χ2n) is 6.00. The van der Waals surface area contributed by atoms with Crippen molar-refractivity contribution < 1.29 is 14.3 Å². The molecule has 0 bridgehead atoms. The van der Waals surface area contributed by atoms with Gasteiger partial charge < -0.3 is 14.8 Å². The van der Waals surface area contributed by atoms with Crippen LogP contribution in [0.1, 0.15) is 28.8 Å². The molecule has 1 heterocycles. The van der Waals surface area contributed by atoms with Gasteiger partial charge in [-0.2, -0.15) is 11.8 Å². The number of carbonyl (C=O) groups is 1. The summed E-state index contributed by atoms with van der Waals surface area (Å²) >= 11 is 1.95. The summed E-state index contributed by atoms with van der Waals surface area (Å²) in [5.41, 5.74) is 1.68. The maximum Gasteiger partial charge on any atom is 0.251 e. The number of hydrogen-bond acceptors (Lipinski definition) is 4. The van der Waals surface area contributed by atoms with Crippen molar-refractivity contribution in [2.45, 2.75) is 25.5 Å². The fourth-order valence-corrected chi connectivity index (χ4v) is 3.88. The average molecular weight is 357 g/mol. The van der Waals surface area contributed by atoms with Crippen LogP contribution in [0.5, 0.6) is 11.5 Å². The summed E-state index contributed by atoms with van der Waals surface area (Å²) in [5, 5.41) is 3.12. The zero-order valence-electron chi connectivity index (χ0n) is 14.4. The molecule has 0 atom stereocenters. The summed E-state index contributed by atoms with van der Waals surface area (Å²) in [6.45, 7) is 0.461. The molecule has 3 rings (SSSR count). The van der Waals surface area contributed by atoms with Crippen LogP contribution in [-0.4, -0.2) is 30.6 Å². The van der Waals surface area contributed by atoms with Crippen LogP contribution in [-0.2, 0) is 6.61 Å². The molecule has 0 unspecified atom stereocenters. The van der Waals surface area contributed by atoms with Crippen molar-refractivity contribution >= 4 is 17.7 Å². The van der Waals surface area contributed by atoms with Gasteiger partial charge >= 0.3 is 0 Å². The maximum absolute atomic E-state index is 12.5. The summed E-state index contributed by atoms with van der Waals surface area (Å²) in [6.07, 6.45) is 2.07. The number of carbonyl (C=O) groups excluding carboxylic acids is 1. The van der Waals surface area contributed by atoms with E-state index in [9.17, 15) is 4.79 Å². The summed E-state index contributed by atoms with van der Waals surface area (Å²) in [6, 6.07) is 15.6. The zero-order valence-corrected chi connectivity index (χ0v) is 15.2. The van der Waals surface area contributed by atoms with E-state index in [4.69, 9.17) is 9.47 Å². The van der Waals surface area contributed by atoms with E-state index in [-0.39, 0.29) is 11.9 Å². The minimum absolute atomic E-state index is 0.0511. The first kappa shape index (κ1) is 17.7. The largest absolute Gasteiger partial charge is 0.493 e. The van der Waals surface area contributed by atoms with Crippen molar-refractivity contribution in [3.63, 3.8) is 0 Å². The van der Waals surface area contributed by atoms with Crippen LogP contribution in [0.4, 0.5) is 0 Å². The van der Waals surface area contributed by atoms with Crippen LogP contribution < -0.4 is 14.8 Å². The third-order valence-electron chi connectivity index (χ3n) is 4.22. The van der Waals surface area contributed by atoms with Gasteiger partial charge in [0.2, 0.25) is 0 Å². The lowest BCUT2D eigenvalue weighted by molar-refractivity contribution is 0.0934. The number of nitrogens with one attached hydrogen (secondary N) is 1. The van der Waals surface area contributed by atoms with E-state index in [0.717, 1.165) is 29.9 Å². The van der Waals surface area contributed by atoms with Gasteiger partial charge in [0.05, 0.1) is 7.11 Å². The van der Waals surface area contributed by atoms with Gasteiger partial charge in [0.15, 0.2) is 11.5 Å². The minimum Gasteiger partial charge on any atom is -0.493 e. The van der Waals surface area contributed by atoms with Gasteiger partial charge in [-0.05, 0) is 48.1 Å². The quantitative estimate of drug-likeness (QED) is 0.852. The summed E-state index contributed by atoms with van der Waals surface area (Å²) in [7, 11) is 1.59. The van der Waals surface area contributed by atoms with E-state index < -0.39 is 0 Å². The summed E-state index contributed by atoms with van der Waals surface area (Å²) < 4.78 is 11.2. The standard InChI is InChI=1S/C20H23NO3S/c1-23-19-13-16(20(22)21-17-9-11-25-12-10-17)7-8-18(19)24-14-15-5-3-2-4-6-15/h2-8,13,17H,9-12,14H2,1H3,(H,21,22). The molecular weight excluding hydrogens is 334 g/mol. The van der Waals surface area contributed by atoms with Crippen LogP contribution in [0, 0.1) is 0 Å². The number of ether oxygens (including phenoxy) is 2. The zero-order chi connectivity index (χ0) is 17.5. The Morgan fingerprint density at radius 2 is 1.88 bits per heavy atom. The van der Waals surface area contributed by atoms with Crippen molar-refractivity contribution in [2.75, 3.05) is 18.6 Å². The lowest BCUT2D eigenvalue weighted by Crippen LogP contribution is -2.37. The second kappa shape index (κ2) is 8.81. The fraction of sp³-hybridized carbons (Fsp3) is 0.350. The van der Waals surface area contributed by atoms with E-state index in [1.54, 1.807) is 25.3 Å². The highest BCUT2D eigenvalue weighted by atomic mass is 32.2. The molecule has 2 aromatic carbocycles. The van der Waals surface area contributed by atoms with E-state index >= 15 is 0 Å². The number of rotatable bonds is 6. The van der Waals surface area contributed by atoms with Gasteiger partial charge in [-0.1, -0.05) is 30.3 Å². The first-order valence-corrected chi connectivity index (χ1v) is 9.65. The molecule has 0 radical (unpaired) electrons. The normalized spacial score (nSPS) is 14.8. The Morgan fingerprint density at radius 1 is 1.12 bits per heavy atom. The first-order valence-electron chi connectivity index (χ1n) is 8.49. The SMILES string of the molecule is COc1cc(C(=O)NC2CCSCC2)ccc1OCc1ccccc1. The monoisotopic (exact) mass is 357 g/mol. The minimum atomic E-state index is -0.0511. The van der Waals surface area contributed by atoms with Crippen LogP contribution in [0.25, 0.3) is 0 Å². The molecule has 0 aromatic heterocycles. The lowest BCUT2D eigenvalue weighted by atomic mass is 10.1. The predicted molar refractivity (Wildman–Crippen MR) is 102 cm³/mol. The number of thioether (sulfide) groups is 1. The third kappa shape index (κ3) is 4.92. The predicted octanol–water partition coefficient (Wildman–Crippen LogP) is 3.90. The van der Waals surface area contributed by atoms with Crippen LogP contribution in [0.15, 0.2) is 48.5 Å². The molecule has 0 saturated carbocycles. The van der Waals surface area contributed by atoms with Crippen molar-refractivity contribution in [1.29, 1.82) is 0 Å². The van der Waals surface area contributed by atoms with Crippen LogP contribution >= 0.6 is 11.8 Å². The molecule has 5 heteroatoms. The highest BCUT2D eigenvalue weighted by Crippen LogP contribution is 2.29. The lowest BCUT2D eigenvalue weighted by Gasteiger charge is -2.22. The molecule has 132 valence electrons. The Morgan fingerprint density at radius 3 is 2.60 bits per heavy atom. The van der Waals surface area contributed by atoms with Crippen molar-refractivity contribution in [2.24, 2.45) is 0 Å². The third-order valence-corrected chi connectivity index (χ3v) is 5.27. The van der Waals surface area contributed by atoms with Crippen molar-refractivity contribution in [3.8, 4) is 11.5 Å². The molecule has 4 nitrogen and oxygen atoms in total. The van der Waals surface area contributed by atoms with Gasteiger partial charge in [0.25, 0.3) is 5.91 Å². The molecule has 0 aliphatic carbocycles. The Balaban J connectivity index is 1.65. The Bertz CT molecular complexity index is 699. The molecule has 0 spiro atoms. The van der Waals surface area contributed by atoms with E-state index in [1.807, 2.05) is 42.1 Å². The molecule has 1 saturated heterocycles. The second-order valence-corrected chi connectivity index (χ2v) is 7.22. The van der Waals surface area contributed by atoms with E-state index in [2.05, 4.69) is 5.32 Å². The molecule has 1 aliphatic rings.